The molecule has 0 heterocycles. The van der Waals surface area contributed by atoms with Crippen molar-refractivity contribution in [3.05, 3.63) is 24.3 Å². The van der Waals surface area contributed by atoms with E-state index in [4.69, 9.17) is 5.73 Å². The van der Waals surface area contributed by atoms with Gasteiger partial charge in [-0.15, -0.1) is 0 Å². The van der Waals surface area contributed by atoms with Crippen LogP contribution in [0.5, 0.6) is 0 Å². The lowest BCUT2D eigenvalue weighted by molar-refractivity contribution is 0.441. The quantitative estimate of drug-likeness (QED) is 0.776. The second kappa shape index (κ2) is 6.46. The fraction of sp³-hybridized carbons (Fsp3) is 0.765. The fourth-order valence-electron chi connectivity index (χ4n) is 4.55. The van der Waals surface area contributed by atoms with Gasteiger partial charge in [0.2, 0.25) is 10.0 Å². The highest BCUT2D eigenvalue weighted by atomic mass is 32.2. The number of nitrogens with one attached hydrogen (secondary N) is 1. The first kappa shape index (κ1) is 16.2. The van der Waals surface area contributed by atoms with Gasteiger partial charge in [-0.3, -0.25) is 0 Å². The molecule has 6 unspecified atom stereocenters. The van der Waals surface area contributed by atoms with Gasteiger partial charge in [-0.25, -0.2) is 13.1 Å². The van der Waals surface area contributed by atoms with E-state index >= 15 is 0 Å². The number of nitrogens with two attached hydrogens (primary N) is 1. The summed E-state index contributed by atoms with van der Waals surface area (Å²) in [6.45, 7) is 1.51. The Balaban J connectivity index is 0.000000139. The number of allylic oxidation sites excluding steroid dienone is 4. The SMILES string of the molecule is CS(=O)(=O)NCC1CC2C=CC1C2.NCC1CC2C=CC1C2. The highest BCUT2D eigenvalue weighted by Crippen LogP contribution is 2.43. The van der Waals surface area contributed by atoms with Crippen LogP contribution in [0.15, 0.2) is 24.3 Å². The van der Waals surface area contributed by atoms with Gasteiger partial charge in [0, 0.05) is 6.54 Å². The summed E-state index contributed by atoms with van der Waals surface area (Å²) in [6.07, 6.45) is 15.6. The van der Waals surface area contributed by atoms with E-state index in [-0.39, 0.29) is 0 Å². The Labute approximate surface area is 134 Å². The molecule has 2 fully saturated rings. The Morgan fingerprint density at radius 2 is 1.50 bits per heavy atom. The van der Waals surface area contributed by atoms with E-state index in [1.54, 1.807) is 0 Å². The molecule has 2 saturated carbocycles. The molecule has 4 aliphatic rings. The monoisotopic (exact) mass is 324 g/mol. The van der Waals surface area contributed by atoms with Crippen LogP contribution >= 0.6 is 0 Å². The van der Waals surface area contributed by atoms with Gasteiger partial charge >= 0.3 is 0 Å². The topological polar surface area (TPSA) is 72.2 Å². The van der Waals surface area contributed by atoms with E-state index in [9.17, 15) is 8.42 Å². The molecule has 0 amide bonds. The third-order valence-corrected chi connectivity index (χ3v) is 6.43. The Morgan fingerprint density at radius 3 is 1.82 bits per heavy atom. The summed E-state index contributed by atoms with van der Waals surface area (Å²) in [5.74, 6) is 4.43. The van der Waals surface area contributed by atoms with Crippen LogP contribution in [0, 0.1) is 35.5 Å². The lowest BCUT2D eigenvalue weighted by Gasteiger charge is -2.17. The molecule has 6 atom stereocenters. The van der Waals surface area contributed by atoms with E-state index in [1.165, 1.54) is 25.5 Å². The van der Waals surface area contributed by atoms with Crippen molar-refractivity contribution in [3.8, 4) is 0 Å². The molecule has 3 N–H and O–H groups in total. The summed E-state index contributed by atoms with van der Waals surface area (Å²) >= 11 is 0. The molecule has 0 aromatic rings. The zero-order chi connectivity index (χ0) is 15.7. The Bertz CT molecular complexity index is 555. The molecule has 0 aromatic heterocycles. The minimum absolute atomic E-state index is 0.532. The van der Waals surface area contributed by atoms with Crippen molar-refractivity contribution >= 4 is 10.0 Å². The van der Waals surface area contributed by atoms with Crippen LogP contribution in [0.25, 0.3) is 0 Å². The van der Waals surface area contributed by atoms with Crippen molar-refractivity contribution in [3.63, 3.8) is 0 Å². The lowest BCUT2D eigenvalue weighted by Crippen LogP contribution is -2.29. The molecule has 0 spiro atoms. The summed E-state index contributed by atoms with van der Waals surface area (Å²) < 4.78 is 24.3. The third-order valence-electron chi connectivity index (χ3n) is 5.74. The van der Waals surface area contributed by atoms with E-state index in [0.29, 0.717) is 18.4 Å². The molecule has 4 aliphatic carbocycles. The van der Waals surface area contributed by atoms with Crippen LogP contribution < -0.4 is 10.5 Å². The van der Waals surface area contributed by atoms with Gasteiger partial charge < -0.3 is 5.73 Å². The zero-order valence-electron chi connectivity index (χ0n) is 13.3. The smallest absolute Gasteiger partial charge is 0.208 e. The van der Waals surface area contributed by atoms with Gasteiger partial charge in [0.05, 0.1) is 6.26 Å². The number of hydrogen-bond donors (Lipinski definition) is 2. The summed E-state index contributed by atoms with van der Waals surface area (Å²) in [7, 11) is -3.00. The van der Waals surface area contributed by atoms with Crippen LogP contribution in [0.2, 0.25) is 0 Å². The molecule has 5 heteroatoms. The van der Waals surface area contributed by atoms with Crippen molar-refractivity contribution in [2.24, 2.45) is 41.2 Å². The average molecular weight is 324 g/mol. The maximum Gasteiger partial charge on any atom is 0.208 e. The summed E-state index contributed by atoms with van der Waals surface area (Å²) in [4.78, 5) is 0. The van der Waals surface area contributed by atoms with Crippen molar-refractivity contribution in [1.82, 2.24) is 4.72 Å². The predicted octanol–water partition coefficient (Wildman–Crippen LogP) is 1.91. The van der Waals surface area contributed by atoms with E-state index < -0.39 is 10.0 Å². The van der Waals surface area contributed by atoms with E-state index in [2.05, 4.69) is 29.0 Å². The minimum atomic E-state index is -3.00. The predicted molar refractivity (Wildman–Crippen MR) is 89.6 cm³/mol. The van der Waals surface area contributed by atoms with Gasteiger partial charge in [0.25, 0.3) is 0 Å². The standard InChI is InChI=1S/C9H15NO2S.C8H13N/c1-13(11,12)10-6-9-5-7-2-3-8(9)4-7;9-5-8-4-6-1-2-7(8)3-6/h2-3,7-10H,4-6H2,1H3;1-2,6-8H,3-5,9H2. The molecule has 4 rings (SSSR count). The van der Waals surface area contributed by atoms with Gasteiger partial charge in [-0.05, 0) is 67.7 Å². The highest BCUT2D eigenvalue weighted by Gasteiger charge is 2.35. The van der Waals surface area contributed by atoms with Crippen LogP contribution in [-0.2, 0) is 10.0 Å². The number of fused-ring (bicyclic) bond motifs is 4. The molecule has 0 saturated heterocycles. The van der Waals surface area contributed by atoms with Gasteiger partial charge in [0.15, 0.2) is 0 Å². The van der Waals surface area contributed by atoms with Crippen LogP contribution in [-0.4, -0.2) is 27.8 Å². The van der Waals surface area contributed by atoms with Gasteiger partial charge in [-0.2, -0.15) is 0 Å². The van der Waals surface area contributed by atoms with Crippen LogP contribution in [0.4, 0.5) is 0 Å². The highest BCUT2D eigenvalue weighted by molar-refractivity contribution is 7.88. The zero-order valence-corrected chi connectivity index (χ0v) is 14.1. The molecule has 0 aliphatic heterocycles. The van der Waals surface area contributed by atoms with Crippen molar-refractivity contribution in [2.75, 3.05) is 19.3 Å². The summed E-state index contributed by atoms with van der Waals surface area (Å²) in [5, 5.41) is 0. The van der Waals surface area contributed by atoms with Crippen LogP contribution in [0.3, 0.4) is 0 Å². The third kappa shape index (κ3) is 3.81. The van der Waals surface area contributed by atoms with Crippen molar-refractivity contribution in [1.29, 1.82) is 0 Å². The van der Waals surface area contributed by atoms with Gasteiger partial charge in [0.1, 0.15) is 0 Å². The summed E-state index contributed by atoms with van der Waals surface area (Å²) in [6, 6.07) is 0. The number of sulfonamides is 1. The minimum Gasteiger partial charge on any atom is -0.330 e. The lowest BCUT2D eigenvalue weighted by atomic mass is 9.94. The molecular formula is C17H28N2O2S. The first-order valence-electron chi connectivity index (χ1n) is 8.46. The van der Waals surface area contributed by atoms with E-state index in [0.717, 1.165) is 36.6 Å². The molecule has 124 valence electrons. The number of hydrogen-bond acceptors (Lipinski definition) is 3. The average Bonchev–Trinajstić information content (AvgIpc) is 3.24. The normalized spacial score (nSPS) is 41.0. The van der Waals surface area contributed by atoms with E-state index in [1.807, 2.05) is 0 Å². The molecule has 0 aromatic carbocycles. The molecule has 4 bridgehead atoms. The maximum atomic E-state index is 10.9. The molecule has 0 radical (unpaired) electrons. The molecule has 4 nitrogen and oxygen atoms in total. The Kier molecular flexibility index (Phi) is 4.76. The Morgan fingerprint density at radius 1 is 0.955 bits per heavy atom. The number of rotatable bonds is 4. The van der Waals surface area contributed by atoms with Crippen LogP contribution in [0.1, 0.15) is 25.7 Å². The van der Waals surface area contributed by atoms with Crippen molar-refractivity contribution in [2.45, 2.75) is 25.7 Å². The maximum absolute atomic E-state index is 10.9. The first-order chi connectivity index (χ1) is 10.4. The fourth-order valence-corrected chi connectivity index (χ4v) is 5.07. The van der Waals surface area contributed by atoms with Crippen molar-refractivity contribution < 1.29 is 8.42 Å². The van der Waals surface area contributed by atoms with Gasteiger partial charge in [-0.1, -0.05) is 24.3 Å². The Hall–Kier alpha value is -0.650. The second-order valence-corrected chi connectivity index (χ2v) is 9.27. The largest absolute Gasteiger partial charge is 0.330 e. The second-order valence-electron chi connectivity index (χ2n) is 7.44. The summed E-state index contributed by atoms with van der Waals surface area (Å²) in [5.41, 5.74) is 5.59. The first-order valence-corrected chi connectivity index (χ1v) is 10.3. The molecule has 22 heavy (non-hydrogen) atoms. The molecular weight excluding hydrogens is 296 g/mol.